The van der Waals surface area contributed by atoms with Gasteiger partial charge in [-0.25, -0.2) is 0 Å². The van der Waals surface area contributed by atoms with E-state index in [-0.39, 0.29) is 5.43 Å². The second kappa shape index (κ2) is 2.70. The van der Waals surface area contributed by atoms with Crippen LogP contribution in [0.15, 0.2) is 16.2 Å². The van der Waals surface area contributed by atoms with Crippen molar-refractivity contribution < 1.29 is 0 Å². The van der Waals surface area contributed by atoms with Crippen LogP contribution in [0.25, 0.3) is 10.2 Å². The minimum atomic E-state index is 0.179. The zero-order valence-corrected chi connectivity index (χ0v) is 8.78. The Morgan fingerprint density at radius 1 is 1.50 bits per heavy atom. The fourth-order valence-electron chi connectivity index (χ4n) is 1.78. The van der Waals surface area contributed by atoms with E-state index in [1.54, 1.807) is 6.07 Å². The number of thiophene rings is 1. The molecule has 0 spiro atoms. The highest BCUT2D eigenvalue weighted by Crippen LogP contribution is 2.39. The third kappa shape index (κ3) is 1.12. The van der Waals surface area contributed by atoms with Crippen LogP contribution < -0.4 is 5.43 Å². The second-order valence-electron chi connectivity index (χ2n) is 3.99. The number of aryl methyl sites for hydroxylation is 1. The Morgan fingerprint density at radius 2 is 2.29 bits per heavy atom. The van der Waals surface area contributed by atoms with E-state index < -0.39 is 0 Å². The summed E-state index contributed by atoms with van der Waals surface area (Å²) in [6.07, 6.45) is 2.45. The van der Waals surface area contributed by atoms with Crippen LogP contribution >= 0.6 is 11.3 Å². The first kappa shape index (κ1) is 8.24. The number of hydrogen-bond acceptors (Lipinski definition) is 2. The number of hydrogen-bond donors (Lipinski definition) is 1. The molecule has 0 aliphatic heterocycles. The number of pyridine rings is 1. The average molecular weight is 205 g/mol. The van der Waals surface area contributed by atoms with Crippen molar-refractivity contribution in [2.45, 2.75) is 25.7 Å². The molecular formula is C11H11NOS. The standard InChI is InChI=1S/C11H11NOS/c1-6-5-14-11-9(13)4-8(7-2-3-7)12-10(6)11/h4-5,7H,2-3H2,1H3,(H,12,13). The van der Waals surface area contributed by atoms with Crippen molar-refractivity contribution in [1.82, 2.24) is 4.98 Å². The van der Waals surface area contributed by atoms with Crippen molar-refractivity contribution in [3.8, 4) is 0 Å². The molecule has 0 aromatic carbocycles. The van der Waals surface area contributed by atoms with Crippen molar-refractivity contribution in [3.63, 3.8) is 0 Å². The van der Waals surface area contributed by atoms with E-state index in [2.05, 4.69) is 4.98 Å². The van der Waals surface area contributed by atoms with E-state index in [1.807, 2.05) is 12.3 Å². The smallest absolute Gasteiger partial charge is 0.199 e. The van der Waals surface area contributed by atoms with Crippen LogP contribution in [-0.4, -0.2) is 4.98 Å². The molecule has 0 amide bonds. The summed E-state index contributed by atoms with van der Waals surface area (Å²) < 4.78 is 0.868. The molecule has 14 heavy (non-hydrogen) atoms. The molecule has 0 atom stereocenters. The van der Waals surface area contributed by atoms with Crippen LogP contribution in [0.2, 0.25) is 0 Å². The van der Waals surface area contributed by atoms with Crippen LogP contribution in [0.4, 0.5) is 0 Å². The van der Waals surface area contributed by atoms with Crippen molar-refractivity contribution in [2.24, 2.45) is 0 Å². The summed E-state index contributed by atoms with van der Waals surface area (Å²) in [7, 11) is 0. The molecule has 72 valence electrons. The summed E-state index contributed by atoms with van der Waals surface area (Å²) in [6.45, 7) is 2.05. The van der Waals surface area contributed by atoms with Crippen molar-refractivity contribution in [3.05, 3.63) is 32.9 Å². The highest BCUT2D eigenvalue weighted by Gasteiger charge is 2.25. The van der Waals surface area contributed by atoms with E-state index in [9.17, 15) is 4.79 Å². The normalized spacial score (nSPS) is 16.4. The lowest BCUT2D eigenvalue weighted by atomic mass is 10.2. The maximum Gasteiger partial charge on any atom is 0.199 e. The molecule has 1 aliphatic carbocycles. The van der Waals surface area contributed by atoms with Gasteiger partial charge in [-0.3, -0.25) is 4.79 Å². The Kier molecular flexibility index (Phi) is 1.59. The molecule has 0 saturated heterocycles. The van der Waals surface area contributed by atoms with Gasteiger partial charge in [-0.2, -0.15) is 0 Å². The first-order valence-electron chi connectivity index (χ1n) is 4.87. The van der Waals surface area contributed by atoms with Gasteiger partial charge in [0.05, 0.1) is 10.2 Å². The van der Waals surface area contributed by atoms with Gasteiger partial charge < -0.3 is 4.98 Å². The Bertz CT molecular complexity index is 548. The summed E-state index contributed by atoms with van der Waals surface area (Å²) >= 11 is 1.54. The highest BCUT2D eigenvalue weighted by molar-refractivity contribution is 7.17. The van der Waals surface area contributed by atoms with Crippen molar-refractivity contribution in [2.75, 3.05) is 0 Å². The largest absolute Gasteiger partial charge is 0.357 e. The molecule has 0 bridgehead atoms. The van der Waals surface area contributed by atoms with E-state index in [1.165, 1.54) is 29.7 Å². The number of aromatic amines is 1. The lowest BCUT2D eigenvalue weighted by Gasteiger charge is -1.99. The molecule has 0 unspecified atom stereocenters. The highest BCUT2D eigenvalue weighted by atomic mass is 32.1. The zero-order valence-electron chi connectivity index (χ0n) is 7.96. The van der Waals surface area contributed by atoms with Gasteiger partial charge in [0.15, 0.2) is 5.43 Å². The number of rotatable bonds is 1. The van der Waals surface area contributed by atoms with Crippen LogP contribution in [0, 0.1) is 6.92 Å². The maximum absolute atomic E-state index is 11.7. The van der Waals surface area contributed by atoms with Gasteiger partial charge in [0, 0.05) is 11.8 Å². The fraction of sp³-hybridized carbons (Fsp3) is 0.364. The molecule has 1 fully saturated rings. The Labute approximate surface area is 85.6 Å². The monoisotopic (exact) mass is 205 g/mol. The van der Waals surface area contributed by atoms with Crippen LogP contribution in [-0.2, 0) is 0 Å². The van der Waals surface area contributed by atoms with Gasteiger partial charge in [0.2, 0.25) is 0 Å². The van der Waals surface area contributed by atoms with Gasteiger partial charge in [-0.1, -0.05) is 0 Å². The van der Waals surface area contributed by atoms with Crippen LogP contribution in [0.3, 0.4) is 0 Å². The zero-order chi connectivity index (χ0) is 9.71. The third-order valence-electron chi connectivity index (χ3n) is 2.77. The maximum atomic E-state index is 11.7. The van der Waals surface area contributed by atoms with Gasteiger partial charge in [0.1, 0.15) is 0 Å². The first-order valence-corrected chi connectivity index (χ1v) is 5.74. The first-order chi connectivity index (χ1) is 6.75. The summed E-state index contributed by atoms with van der Waals surface area (Å²) in [6, 6.07) is 1.77. The Hall–Kier alpha value is -1.09. The lowest BCUT2D eigenvalue weighted by molar-refractivity contribution is 1.04. The number of H-pyrrole nitrogens is 1. The predicted octanol–water partition coefficient (Wildman–Crippen LogP) is 2.78. The van der Waals surface area contributed by atoms with Gasteiger partial charge >= 0.3 is 0 Å². The summed E-state index contributed by atoms with van der Waals surface area (Å²) in [4.78, 5) is 15.1. The second-order valence-corrected chi connectivity index (χ2v) is 4.87. The minimum absolute atomic E-state index is 0.179. The molecule has 1 N–H and O–H groups in total. The Morgan fingerprint density at radius 3 is 3.00 bits per heavy atom. The molecule has 3 heteroatoms. The van der Waals surface area contributed by atoms with Gasteiger partial charge in [-0.05, 0) is 36.6 Å². The molecule has 2 nitrogen and oxygen atoms in total. The molecule has 0 radical (unpaired) electrons. The van der Waals surface area contributed by atoms with Crippen LogP contribution in [0.1, 0.15) is 30.0 Å². The van der Waals surface area contributed by atoms with Gasteiger partial charge in [0.25, 0.3) is 0 Å². The molecular weight excluding hydrogens is 194 g/mol. The van der Waals surface area contributed by atoms with Gasteiger partial charge in [-0.15, -0.1) is 11.3 Å². The lowest BCUT2D eigenvalue weighted by Crippen LogP contribution is -2.02. The third-order valence-corrected chi connectivity index (χ3v) is 3.88. The SMILES string of the molecule is Cc1csc2c(=O)cc(C3CC3)[nH]c12. The van der Waals surface area contributed by atoms with E-state index in [0.717, 1.165) is 15.9 Å². The summed E-state index contributed by atoms with van der Waals surface area (Å²) in [5, 5.41) is 2.04. The molecule has 1 aliphatic rings. The van der Waals surface area contributed by atoms with E-state index in [0.29, 0.717) is 5.92 Å². The molecule has 2 aromatic rings. The number of aromatic nitrogens is 1. The van der Waals surface area contributed by atoms with E-state index >= 15 is 0 Å². The van der Waals surface area contributed by atoms with E-state index in [4.69, 9.17) is 0 Å². The summed E-state index contributed by atoms with van der Waals surface area (Å²) in [5.74, 6) is 0.617. The molecule has 1 saturated carbocycles. The predicted molar refractivity (Wildman–Crippen MR) is 59.2 cm³/mol. The molecule has 2 aromatic heterocycles. The van der Waals surface area contributed by atoms with Crippen LogP contribution in [0.5, 0.6) is 0 Å². The topological polar surface area (TPSA) is 32.9 Å². The average Bonchev–Trinajstić information content (AvgIpc) is 2.93. The quantitative estimate of drug-likeness (QED) is 0.763. The number of nitrogens with one attached hydrogen (secondary N) is 1. The molecule has 3 rings (SSSR count). The van der Waals surface area contributed by atoms with Crippen molar-refractivity contribution in [1.29, 1.82) is 0 Å². The number of fused-ring (bicyclic) bond motifs is 1. The van der Waals surface area contributed by atoms with Crippen molar-refractivity contribution >= 4 is 21.6 Å². The minimum Gasteiger partial charge on any atom is -0.357 e. The molecule has 2 heterocycles. The fourth-order valence-corrected chi connectivity index (χ4v) is 2.70. The Balaban J connectivity index is 2.36. The summed E-state index contributed by atoms with van der Waals surface area (Å²) in [5.41, 5.74) is 3.54.